The van der Waals surface area contributed by atoms with Gasteiger partial charge in [-0.3, -0.25) is 0 Å². The molecule has 2 atom stereocenters. The van der Waals surface area contributed by atoms with Gasteiger partial charge in [-0.05, 0) is 60.7 Å². The second-order valence-electron chi connectivity index (χ2n) is 8.72. The van der Waals surface area contributed by atoms with Gasteiger partial charge in [-0.25, -0.2) is 4.39 Å². The number of aryl methyl sites for hydroxylation is 2. The number of hydrogen-bond donors (Lipinski definition) is 1. The number of fused-ring (bicyclic) bond motifs is 1. The van der Waals surface area contributed by atoms with Gasteiger partial charge in [0.15, 0.2) is 6.10 Å². The SMILES string of the molecule is Cc1cccc(CC2(c3cc(C)cc(F)c3)CN(C[C@@H](O)C(F)(F)F)c3ccccc32)c1. The van der Waals surface area contributed by atoms with E-state index >= 15 is 0 Å². The Morgan fingerprint density at radius 3 is 2.41 bits per heavy atom. The molecule has 2 nitrogen and oxygen atoms in total. The van der Waals surface area contributed by atoms with Gasteiger partial charge in [0, 0.05) is 17.6 Å². The monoisotopic (exact) mass is 443 g/mol. The third kappa shape index (κ3) is 4.24. The third-order valence-corrected chi connectivity index (χ3v) is 6.18. The van der Waals surface area contributed by atoms with Gasteiger partial charge < -0.3 is 10.0 Å². The first kappa shape index (κ1) is 22.3. The molecule has 32 heavy (non-hydrogen) atoms. The highest BCUT2D eigenvalue weighted by Crippen LogP contribution is 2.48. The summed E-state index contributed by atoms with van der Waals surface area (Å²) in [5, 5.41) is 9.80. The van der Waals surface area contributed by atoms with E-state index in [0.29, 0.717) is 17.7 Å². The molecule has 4 rings (SSSR count). The minimum Gasteiger partial charge on any atom is -0.382 e. The summed E-state index contributed by atoms with van der Waals surface area (Å²) in [7, 11) is 0. The fourth-order valence-corrected chi connectivity index (χ4v) is 4.81. The summed E-state index contributed by atoms with van der Waals surface area (Å²) < 4.78 is 54.0. The number of aliphatic hydroxyl groups excluding tert-OH is 1. The second kappa shape index (κ2) is 8.24. The topological polar surface area (TPSA) is 23.5 Å². The quantitative estimate of drug-likeness (QED) is 0.511. The number of benzene rings is 3. The maximum absolute atomic E-state index is 14.5. The van der Waals surface area contributed by atoms with Gasteiger partial charge in [0.2, 0.25) is 0 Å². The Labute approximate surface area is 185 Å². The number of nitrogens with zero attached hydrogens (tertiary/aromatic N) is 1. The highest BCUT2D eigenvalue weighted by molar-refractivity contribution is 5.67. The lowest BCUT2D eigenvalue weighted by Crippen LogP contribution is -2.44. The number of rotatable bonds is 5. The van der Waals surface area contributed by atoms with Crippen molar-refractivity contribution in [2.24, 2.45) is 0 Å². The minimum absolute atomic E-state index is 0.205. The Morgan fingerprint density at radius 2 is 1.72 bits per heavy atom. The number of hydrogen-bond acceptors (Lipinski definition) is 2. The lowest BCUT2D eigenvalue weighted by atomic mass is 9.71. The Bertz CT molecular complexity index is 1110. The first-order chi connectivity index (χ1) is 15.1. The van der Waals surface area contributed by atoms with Gasteiger partial charge in [0.1, 0.15) is 5.82 Å². The highest BCUT2D eigenvalue weighted by atomic mass is 19.4. The molecule has 0 saturated carbocycles. The molecule has 0 bridgehead atoms. The number of anilines is 1. The number of alkyl halides is 3. The second-order valence-corrected chi connectivity index (χ2v) is 8.72. The first-order valence-corrected chi connectivity index (χ1v) is 10.5. The van der Waals surface area contributed by atoms with Crippen LogP contribution in [0.15, 0.2) is 66.7 Å². The number of para-hydroxylation sites is 1. The van der Waals surface area contributed by atoms with Crippen molar-refractivity contribution in [3.05, 3.63) is 100 Å². The molecule has 1 N–H and O–H groups in total. The van der Waals surface area contributed by atoms with Gasteiger partial charge in [-0.15, -0.1) is 0 Å². The molecule has 1 aliphatic rings. The molecule has 0 spiro atoms. The molecule has 3 aromatic rings. The molecule has 0 radical (unpaired) electrons. The van der Waals surface area contributed by atoms with E-state index < -0.39 is 24.2 Å². The predicted octanol–water partition coefficient (Wildman–Crippen LogP) is 5.71. The molecule has 1 heterocycles. The average molecular weight is 443 g/mol. The summed E-state index contributed by atoms with van der Waals surface area (Å²) in [6.07, 6.45) is -6.70. The van der Waals surface area contributed by atoms with Crippen molar-refractivity contribution in [2.75, 3.05) is 18.0 Å². The molecule has 3 aromatic carbocycles. The van der Waals surface area contributed by atoms with Gasteiger partial charge in [-0.1, -0.05) is 54.1 Å². The van der Waals surface area contributed by atoms with Crippen molar-refractivity contribution in [1.82, 2.24) is 0 Å². The standard InChI is InChI=1S/C26H25F4NO/c1-17-6-5-7-19(10-17)14-25(20-11-18(2)12-21(27)13-20)16-31(15-24(32)26(28,29)30)23-9-4-3-8-22(23)25/h3-13,24,32H,14-16H2,1-2H3/t24-,25?/m1/s1. The van der Waals surface area contributed by atoms with Crippen LogP contribution in [-0.4, -0.2) is 30.5 Å². The minimum atomic E-state index is -4.72. The van der Waals surface area contributed by atoms with Crippen molar-refractivity contribution in [1.29, 1.82) is 0 Å². The smallest absolute Gasteiger partial charge is 0.382 e. The zero-order chi connectivity index (χ0) is 23.1. The van der Waals surface area contributed by atoms with Crippen molar-refractivity contribution in [2.45, 2.75) is 38.0 Å². The van der Waals surface area contributed by atoms with Crippen molar-refractivity contribution in [3.8, 4) is 0 Å². The van der Waals surface area contributed by atoms with E-state index in [-0.39, 0.29) is 12.4 Å². The Kier molecular flexibility index (Phi) is 5.76. The lowest BCUT2D eigenvalue weighted by molar-refractivity contribution is -0.200. The Hall–Kier alpha value is -2.86. The van der Waals surface area contributed by atoms with E-state index in [1.54, 1.807) is 24.0 Å². The summed E-state index contributed by atoms with van der Waals surface area (Å²) in [5.74, 6) is -0.380. The van der Waals surface area contributed by atoms with Crippen molar-refractivity contribution < 1.29 is 22.7 Å². The number of aliphatic hydroxyl groups is 1. The van der Waals surface area contributed by atoms with Crippen molar-refractivity contribution in [3.63, 3.8) is 0 Å². The summed E-state index contributed by atoms with van der Waals surface area (Å²) in [6.45, 7) is 3.41. The maximum Gasteiger partial charge on any atom is 0.416 e. The van der Waals surface area contributed by atoms with Crippen LogP contribution in [0, 0.1) is 19.7 Å². The maximum atomic E-state index is 14.5. The van der Waals surface area contributed by atoms with E-state index in [1.165, 1.54) is 12.1 Å². The highest BCUT2D eigenvalue weighted by Gasteiger charge is 2.47. The molecule has 1 aliphatic heterocycles. The third-order valence-electron chi connectivity index (χ3n) is 6.18. The average Bonchev–Trinajstić information content (AvgIpc) is 3.01. The number of β-amino-alcohol motifs (C(OH)–C–C–N with tert-alkyl or cyclic N) is 1. The zero-order valence-corrected chi connectivity index (χ0v) is 18.0. The molecular formula is C26H25F4NO. The van der Waals surface area contributed by atoms with Crippen LogP contribution in [0.5, 0.6) is 0 Å². The Morgan fingerprint density at radius 1 is 0.969 bits per heavy atom. The molecule has 0 aromatic heterocycles. The fourth-order valence-electron chi connectivity index (χ4n) is 4.81. The molecule has 0 fully saturated rings. The van der Waals surface area contributed by atoms with Crippen LogP contribution in [0.1, 0.15) is 27.8 Å². The van der Waals surface area contributed by atoms with Gasteiger partial charge >= 0.3 is 6.18 Å². The van der Waals surface area contributed by atoms with Crippen LogP contribution in [0.3, 0.4) is 0 Å². The molecule has 0 saturated heterocycles. The van der Waals surface area contributed by atoms with E-state index in [9.17, 15) is 22.7 Å². The van der Waals surface area contributed by atoms with E-state index in [1.807, 2.05) is 49.4 Å². The van der Waals surface area contributed by atoms with Gasteiger partial charge in [0.05, 0.1) is 6.54 Å². The van der Waals surface area contributed by atoms with E-state index in [0.717, 1.165) is 22.3 Å². The zero-order valence-electron chi connectivity index (χ0n) is 18.0. The van der Waals surface area contributed by atoms with E-state index in [4.69, 9.17) is 0 Å². The van der Waals surface area contributed by atoms with Crippen LogP contribution < -0.4 is 4.90 Å². The molecule has 6 heteroatoms. The molecule has 1 unspecified atom stereocenters. The largest absolute Gasteiger partial charge is 0.416 e. The van der Waals surface area contributed by atoms with Gasteiger partial charge in [0.25, 0.3) is 0 Å². The lowest BCUT2D eigenvalue weighted by Gasteiger charge is -2.33. The summed E-state index contributed by atoms with van der Waals surface area (Å²) >= 11 is 0. The van der Waals surface area contributed by atoms with Gasteiger partial charge in [-0.2, -0.15) is 13.2 Å². The van der Waals surface area contributed by atoms with Crippen LogP contribution in [0.4, 0.5) is 23.2 Å². The summed E-state index contributed by atoms with van der Waals surface area (Å²) in [6, 6.07) is 20.1. The predicted molar refractivity (Wildman–Crippen MR) is 118 cm³/mol. The Balaban J connectivity index is 1.87. The van der Waals surface area contributed by atoms with Crippen LogP contribution in [0.2, 0.25) is 0 Å². The van der Waals surface area contributed by atoms with Crippen LogP contribution in [-0.2, 0) is 11.8 Å². The fraction of sp³-hybridized carbons (Fsp3) is 0.308. The number of halogens is 4. The van der Waals surface area contributed by atoms with Crippen LogP contribution in [0.25, 0.3) is 0 Å². The summed E-state index contributed by atoms with van der Waals surface area (Å²) in [5.41, 5.74) is 4.25. The van der Waals surface area contributed by atoms with E-state index in [2.05, 4.69) is 0 Å². The molecule has 0 amide bonds. The van der Waals surface area contributed by atoms with Crippen molar-refractivity contribution >= 4 is 5.69 Å². The van der Waals surface area contributed by atoms with Crippen LogP contribution >= 0.6 is 0 Å². The molecule has 168 valence electrons. The first-order valence-electron chi connectivity index (χ1n) is 10.5. The normalized spacial score (nSPS) is 19.2. The molecule has 0 aliphatic carbocycles. The summed E-state index contributed by atoms with van der Waals surface area (Å²) in [4.78, 5) is 1.57. The molecular weight excluding hydrogens is 418 g/mol.